The van der Waals surface area contributed by atoms with Crippen LogP contribution in [0.15, 0.2) is 0 Å². The van der Waals surface area contributed by atoms with Crippen LogP contribution in [-0.4, -0.2) is 18.8 Å². The largest absolute Gasteiger partial charge is 0.381 e. The van der Waals surface area contributed by atoms with Gasteiger partial charge in [-0.2, -0.15) is 0 Å². The summed E-state index contributed by atoms with van der Waals surface area (Å²) in [7, 11) is 0. The van der Waals surface area contributed by atoms with Gasteiger partial charge in [-0.05, 0) is 25.2 Å². The topological polar surface area (TPSA) is 35.2 Å². The second-order valence-electron chi connectivity index (χ2n) is 4.29. The lowest BCUT2D eigenvalue weighted by Crippen LogP contribution is -2.39. The monoisotopic (exact) mass is 187 g/mol. The number of nitrogens with two attached hydrogens (primary N) is 1. The van der Waals surface area contributed by atoms with E-state index in [-0.39, 0.29) is 5.54 Å². The Morgan fingerprint density at radius 3 is 2.15 bits per heavy atom. The zero-order valence-electron chi connectivity index (χ0n) is 9.60. The van der Waals surface area contributed by atoms with Crippen molar-refractivity contribution in [1.29, 1.82) is 0 Å². The van der Waals surface area contributed by atoms with Crippen molar-refractivity contribution >= 4 is 0 Å². The van der Waals surface area contributed by atoms with E-state index >= 15 is 0 Å². The van der Waals surface area contributed by atoms with Gasteiger partial charge in [0, 0.05) is 18.8 Å². The highest BCUT2D eigenvalue weighted by Gasteiger charge is 2.19. The molecule has 2 nitrogen and oxygen atoms in total. The van der Waals surface area contributed by atoms with E-state index in [2.05, 4.69) is 27.7 Å². The second kappa shape index (κ2) is 6.39. The Labute approximate surface area is 82.8 Å². The van der Waals surface area contributed by atoms with Gasteiger partial charge in [0.05, 0.1) is 0 Å². The second-order valence-corrected chi connectivity index (χ2v) is 4.29. The molecule has 0 amide bonds. The lowest BCUT2D eigenvalue weighted by atomic mass is 9.91. The van der Waals surface area contributed by atoms with Crippen LogP contribution in [0.5, 0.6) is 0 Å². The smallest absolute Gasteiger partial charge is 0.0489 e. The zero-order valence-corrected chi connectivity index (χ0v) is 9.60. The molecule has 0 rings (SSSR count). The highest BCUT2D eigenvalue weighted by Crippen LogP contribution is 2.15. The van der Waals surface area contributed by atoms with Gasteiger partial charge < -0.3 is 10.5 Å². The average molecular weight is 187 g/mol. The first-order valence-electron chi connectivity index (χ1n) is 5.40. The molecule has 0 aliphatic rings. The summed E-state index contributed by atoms with van der Waals surface area (Å²) in [6.07, 6.45) is 3.05. The molecule has 0 bridgehead atoms. The summed E-state index contributed by atoms with van der Waals surface area (Å²) in [6.45, 7) is 10.3. The van der Waals surface area contributed by atoms with Gasteiger partial charge in [0.15, 0.2) is 0 Å². The molecule has 0 spiro atoms. The van der Waals surface area contributed by atoms with E-state index in [1.807, 2.05) is 0 Å². The minimum Gasteiger partial charge on any atom is -0.381 e. The molecule has 0 unspecified atom stereocenters. The van der Waals surface area contributed by atoms with Gasteiger partial charge in [-0.1, -0.05) is 27.7 Å². The van der Waals surface area contributed by atoms with Crippen LogP contribution in [0.2, 0.25) is 0 Å². The molecule has 2 heteroatoms. The summed E-state index contributed by atoms with van der Waals surface area (Å²) in [6, 6.07) is 0. The first kappa shape index (κ1) is 12.9. The quantitative estimate of drug-likeness (QED) is 0.622. The third-order valence-electron chi connectivity index (χ3n) is 2.60. The molecule has 2 N–H and O–H groups in total. The normalized spacial score (nSPS) is 12.5. The Balaban J connectivity index is 3.50. The fraction of sp³-hybridized carbons (Fsp3) is 1.00. The number of rotatable bonds is 7. The van der Waals surface area contributed by atoms with Crippen LogP contribution in [0.25, 0.3) is 0 Å². The summed E-state index contributed by atoms with van der Waals surface area (Å²) >= 11 is 0. The van der Waals surface area contributed by atoms with Crippen molar-refractivity contribution in [2.45, 2.75) is 52.5 Å². The molecule has 0 radical (unpaired) electrons. The standard InChI is InChI=1S/C11H25NO/c1-5-11(12,6-2)7-8-13-9-10(3)4/h10H,5-9,12H2,1-4H3. The van der Waals surface area contributed by atoms with E-state index < -0.39 is 0 Å². The lowest BCUT2D eigenvalue weighted by molar-refractivity contribution is 0.0917. The highest BCUT2D eigenvalue weighted by molar-refractivity contribution is 4.80. The fourth-order valence-electron chi connectivity index (χ4n) is 1.20. The minimum absolute atomic E-state index is 0.00300. The third-order valence-corrected chi connectivity index (χ3v) is 2.60. The van der Waals surface area contributed by atoms with Gasteiger partial charge in [-0.15, -0.1) is 0 Å². The highest BCUT2D eigenvalue weighted by atomic mass is 16.5. The molecule has 13 heavy (non-hydrogen) atoms. The summed E-state index contributed by atoms with van der Waals surface area (Å²) in [4.78, 5) is 0. The molecular weight excluding hydrogens is 162 g/mol. The van der Waals surface area contributed by atoms with Crippen molar-refractivity contribution in [2.75, 3.05) is 13.2 Å². The Morgan fingerprint density at radius 2 is 1.77 bits per heavy atom. The summed E-state index contributed by atoms with van der Waals surface area (Å²) < 4.78 is 5.51. The van der Waals surface area contributed by atoms with E-state index in [1.165, 1.54) is 0 Å². The minimum atomic E-state index is -0.00300. The van der Waals surface area contributed by atoms with Gasteiger partial charge in [0.25, 0.3) is 0 Å². The molecule has 0 saturated carbocycles. The van der Waals surface area contributed by atoms with Crippen LogP contribution in [-0.2, 0) is 4.74 Å². The molecule has 0 aromatic rings. The molecule has 0 aromatic heterocycles. The van der Waals surface area contributed by atoms with Gasteiger partial charge in [0.2, 0.25) is 0 Å². The van der Waals surface area contributed by atoms with Crippen LogP contribution in [0.3, 0.4) is 0 Å². The molecule has 0 aromatic carbocycles. The van der Waals surface area contributed by atoms with Crippen molar-refractivity contribution in [3.05, 3.63) is 0 Å². The van der Waals surface area contributed by atoms with Crippen LogP contribution in [0.4, 0.5) is 0 Å². The Hall–Kier alpha value is -0.0800. The Kier molecular flexibility index (Phi) is 6.35. The van der Waals surface area contributed by atoms with Crippen molar-refractivity contribution < 1.29 is 4.74 Å². The number of hydrogen-bond acceptors (Lipinski definition) is 2. The Bertz CT molecular complexity index is 119. The van der Waals surface area contributed by atoms with Crippen molar-refractivity contribution in [2.24, 2.45) is 11.7 Å². The van der Waals surface area contributed by atoms with Crippen LogP contribution < -0.4 is 5.73 Å². The van der Waals surface area contributed by atoms with E-state index in [1.54, 1.807) is 0 Å². The molecule has 0 saturated heterocycles. The van der Waals surface area contributed by atoms with Crippen molar-refractivity contribution in [3.8, 4) is 0 Å². The molecular formula is C11H25NO. The molecule has 0 heterocycles. The SMILES string of the molecule is CCC(N)(CC)CCOCC(C)C. The van der Waals surface area contributed by atoms with Crippen molar-refractivity contribution in [3.63, 3.8) is 0 Å². The van der Waals surface area contributed by atoms with Crippen molar-refractivity contribution in [1.82, 2.24) is 0 Å². The van der Waals surface area contributed by atoms with E-state index in [0.717, 1.165) is 32.5 Å². The molecule has 0 aliphatic carbocycles. The summed E-state index contributed by atoms with van der Waals surface area (Å²) in [5.74, 6) is 0.621. The number of ether oxygens (including phenoxy) is 1. The maximum Gasteiger partial charge on any atom is 0.0489 e. The van der Waals surface area contributed by atoms with Gasteiger partial charge in [-0.25, -0.2) is 0 Å². The molecule has 0 atom stereocenters. The first-order chi connectivity index (χ1) is 6.04. The van der Waals surface area contributed by atoms with Crippen LogP contribution in [0, 0.1) is 5.92 Å². The Morgan fingerprint density at radius 1 is 1.23 bits per heavy atom. The molecule has 0 fully saturated rings. The van der Waals surface area contributed by atoms with E-state index in [0.29, 0.717) is 5.92 Å². The first-order valence-corrected chi connectivity index (χ1v) is 5.40. The van der Waals surface area contributed by atoms with Gasteiger partial charge in [0.1, 0.15) is 0 Å². The fourth-order valence-corrected chi connectivity index (χ4v) is 1.20. The maximum atomic E-state index is 6.13. The van der Waals surface area contributed by atoms with E-state index in [4.69, 9.17) is 10.5 Å². The zero-order chi connectivity index (χ0) is 10.3. The predicted molar refractivity (Wildman–Crippen MR) is 57.8 cm³/mol. The number of hydrogen-bond donors (Lipinski definition) is 1. The predicted octanol–water partition coefficient (Wildman–Crippen LogP) is 2.57. The molecule has 80 valence electrons. The summed E-state index contributed by atoms with van der Waals surface area (Å²) in [5, 5.41) is 0. The lowest BCUT2D eigenvalue weighted by Gasteiger charge is -2.26. The van der Waals surface area contributed by atoms with Gasteiger partial charge in [-0.3, -0.25) is 0 Å². The third kappa shape index (κ3) is 6.05. The van der Waals surface area contributed by atoms with E-state index in [9.17, 15) is 0 Å². The van der Waals surface area contributed by atoms with Crippen LogP contribution >= 0.6 is 0 Å². The maximum absolute atomic E-state index is 6.13. The van der Waals surface area contributed by atoms with Crippen LogP contribution in [0.1, 0.15) is 47.0 Å². The molecule has 0 aliphatic heterocycles. The average Bonchev–Trinajstić information content (AvgIpc) is 2.12. The summed E-state index contributed by atoms with van der Waals surface area (Å²) in [5.41, 5.74) is 6.13. The van der Waals surface area contributed by atoms with Gasteiger partial charge >= 0.3 is 0 Å².